The van der Waals surface area contributed by atoms with E-state index < -0.39 is 0 Å². The molecule has 2 heterocycles. The van der Waals surface area contributed by atoms with Crippen LogP contribution >= 0.6 is 11.6 Å². The molecule has 2 rings (SSSR count). The molecule has 2 aromatic heterocycles. The number of hydrogen-bond acceptors (Lipinski definition) is 4. The van der Waals surface area contributed by atoms with Crippen molar-refractivity contribution in [1.82, 2.24) is 19.8 Å². The molecule has 6 heteroatoms. The molecule has 0 N–H and O–H groups in total. The average Bonchev–Trinajstić information content (AvgIpc) is 2.62. The Kier molecular flexibility index (Phi) is 3.13. The molecule has 80 valence electrons. The fraction of sp³-hybridized carbons (Fsp3) is 0.444. The quantitative estimate of drug-likeness (QED) is 0.739. The van der Waals surface area contributed by atoms with Crippen molar-refractivity contribution in [1.29, 1.82) is 0 Å². The molecule has 0 aromatic carbocycles. The van der Waals surface area contributed by atoms with E-state index in [1.165, 1.54) is 0 Å². The molecule has 2 aromatic rings. The molecule has 5 nitrogen and oxygen atoms in total. The SMILES string of the molecule is CCOCCc1nnc2ccc(Cl)nn12. The first-order valence-corrected chi connectivity index (χ1v) is 5.13. The minimum atomic E-state index is 0.431. The summed E-state index contributed by atoms with van der Waals surface area (Å²) in [6.07, 6.45) is 0.683. The Hall–Kier alpha value is -1.20. The number of ether oxygens (including phenoxy) is 1. The highest BCUT2D eigenvalue weighted by Gasteiger charge is 2.06. The predicted octanol–water partition coefficient (Wildman–Crippen LogP) is 1.36. The first kappa shape index (κ1) is 10.3. The van der Waals surface area contributed by atoms with Crippen LogP contribution in [0.3, 0.4) is 0 Å². The van der Waals surface area contributed by atoms with Crippen molar-refractivity contribution in [3.8, 4) is 0 Å². The average molecular weight is 227 g/mol. The van der Waals surface area contributed by atoms with Crippen molar-refractivity contribution >= 4 is 17.2 Å². The van der Waals surface area contributed by atoms with Gasteiger partial charge in [-0.25, -0.2) is 0 Å². The Balaban J connectivity index is 2.23. The molecule has 0 saturated carbocycles. The molecule has 0 unspecified atom stereocenters. The van der Waals surface area contributed by atoms with Gasteiger partial charge in [0.2, 0.25) is 0 Å². The first-order chi connectivity index (χ1) is 7.31. The van der Waals surface area contributed by atoms with Crippen molar-refractivity contribution in [2.75, 3.05) is 13.2 Å². The lowest BCUT2D eigenvalue weighted by atomic mass is 10.4. The highest BCUT2D eigenvalue weighted by molar-refractivity contribution is 6.29. The minimum Gasteiger partial charge on any atom is -0.381 e. The van der Waals surface area contributed by atoms with Gasteiger partial charge in [-0.3, -0.25) is 0 Å². The van der Waals surface area contributed by atoms with Crippen molar-refractivity contribution in [3.63, 3.8) is 0 Å². The summed E-state index contributed by atoms with van der Waals surface area (Å²) < 4.78 is 6.88. The topological polar surface area (TPSA) is 52.3 Å². The molecule has 0 aliphatic heterocycles. The van der Waals surface area contributed by atoms with Gasteiger partial charge >= 0.3 is 0 Å². The highest BCUT2D eigenvalue weighted by Crippen LogP contribution is 2.07. The summed E-state index contributed by atoms with van der Waals surface area (Å²) in [7, 11) is 0. The zero-order valence-corrected chi connectivity index (χ0v) is 9.11. The van der Waals surface area contributed by atoms with Gasteiger partial charge in [-0.1, -0.05) is 11.6 Å². The minimum absolute atomic E-state index is 0.431. The maximum atomic E-state index is 5.79. The summed E-state index contributed by atoms with van der Waals surface area (Å²) in [6.45, 7) is 3.27. The first-order valence-electron chi connectivity index (χ1n) is 4.76. The summed E-state index contributed by atoms with van der Waals surface area (Å²) in [6, 6.07) is 3.48. The molecule has 0 atom stereocenters. The highest BCUT2D eigenvalue weighted by atomic mass is 35.5. The van der Waals surface area contributed by atoms with Crippen LogP contribution < -0.4 is 0 Å². The van der Waals surface area contributed by atoms with Crippen LogP contribution in [0.1, 0.15) is 12.7 Å². The largest absolute Gasteiger partial charge is 0.381 e. The van der Waals surface area contributed by atoms with Gasteiger partial charge in [-0.05, 0) is 19.1 Å². The molecular weight excluding hydrogens is 216 g/mol. The van der Waals surface area contributed by atoms with Crippen LogP contribution in [0.25, 0.3) is 5.65 Å². The number of rotatable bonds is 4. The Morgan fingerprint density at radius 3 is 3.07 bits per heavy atom. The van der Waals surface area contributed by atoms with Crippen molar-refractivity contribution in [2.45, 2.75) is 13.3 Å². The van der Waals surface area contributed by atoms with E-state index in [-0.39, 0.29) is 0 Å². The zero-order chi connectivity index (χ0) is 10.7. The second-order valence-electron chi connectivity index (χ2n) is 2.99. The zero-order valence-electron chi connectivity index (χ0n) is 8.35. The predicted molar refractivity (Wildman–Crippen MR) is 56.0 cm³/mol. The van der Waals surface area contributed by atoms with Gasteiger partial charge in [0.25, 0.3) is 0 Å². The van der Waals surface area contributed by atoms with Crippen LogP contribution in [0, 0.1) is 0 Å². The number of nitrogens with zero attached hydrogens (tertiary/aromatic N) is 4. The molecule has 0 spiro atoms. The molecule has 0 radical (unpaired) electrons. The van der Waals surface area contributed by atoms with E-state index in [2.05, 4.69) is 15.3 Å². The standard InChI is InChI=1S/C9H11ClN4O/c1-2-15-6-5-9-12-11-8-4-3-7(10)13-14(8)9/h3-4H,2,5-6H2,1H3. The molecule has 0 fully saturated rings. The van der Waals surface area contributed by atoms with E-state index in [4.69, 9.17) is 16.3 Å². The Morgan fingerprint density at radius 2 is 2.27 bits per heavy atom. The lowest BCUT2D eigenvalue weighted by Gasteiger charge is -1.99. The third-order valence-corrected chi connectivity index (χ3v) is 2.17. The van der Waals surface area contributed by atoms with Gasteiger partial charge in [0, 0.05) is 13.0 Å². The van der Waals surface area contributed by atoms with E-state index in [9.17, 15) is 0 Å². The van der Waals surface area contributed by atoms with E-state index in [0.717, 1.165) is 5.82 Å². The summed E-state index contributed by atoms with van der Waals surface area (Å²) in [4.78, 5) is 0. The van der Waals surface area contributed by atoms with Crippen molar-refractivity contribution in [3.05, 3.63) is 23.1 Å². The van der Waals surface area contributed by atoms with Gasteiger partial charge in [0.05, 0.1) is 6.61 Å². The monoisotopic (exact) mass is 226 g/mol. The molecule has 0 aliphatic carbocycles. The number of fused-ring (bicyclic) bond motifs is 1. The van der Waals surface area contributed by atoms with Crippen molar-refractivity contribution in [2.24, 2.45) is 0 Å². The molecular formula is C9H11ClN4O. The lowest BCUT2D eigenvalue weighted by molar-refractivity contribution is 0.149. The number of aromatic nitrogens is 4. The summed E-state index contributed by atoms with van der Waals surface area (Å²) in [5.74, 6) is 0.765. The van der Waals surface area contributed by atoms with Gasteiger partial charge in [-0.2, -0.15) is 9.61 Å². The fourth-order valence-corrected chi connectivity index (χ4v) is 1.41. The van der Waals surface area contributed by atoms with Crippen LogP contribution in [0.2, 0.25) is 5.15 Å². The molecule has 15 heavy (non-hydrogen) atoms. The smallest absolute Gasteiger partial charge is 0.178 e. The maximum Gasteiger partial charge on any atom is 0.178 e. The Labute approximate surface area is 92.0 Å². The second-order valence-corrected chi connectivity index (χ2v) is 3.38. The van der Waals surface area contributed by atoms with E-state index in [0.29, 0.717) is 30.4 Å². The second kappa shape index (κ2) is 4.55. The number of hydrogen-bond donors (Lipinski definition) is 0. The Bertz CT molecular complexity index is 456. The molecule has 0 saturated heterocycles. The van der Waals surface area contributed by atoms with E-state index >= 15 is 0 Å². The van der Waals surface area contributed by atoms with Gasteiger partial charge in [0.15, 0.2) is 11.5 Å². The van der Waals surface area contributed by atoms with Gasteiger partial charge in [0.1, 0.15) is 5.15 Å². The van der Waals surface area contributed by atoms with E-state index in [1.807, 2.05) is 6.92 Å². The molecule has 0 amide bonds. The van der Waals surface area contributed by atoms with Crippen LogP contribution in [0.4, 0.5) is 0 Å². The Morgan fingerprint density at radius 1 is 1.40 bits per heavy atom. The van der Waals surface area contributed by atoms with Crippen LogP contribution in [0.15, 0.2) is 12.1 Å². The van der Waals surface area contributed by atoms with Gasteiger partial charge < -0.3 is 4.74 Å². The molecule has 0 aliphatic rings. The number of halogens is 1. The summed E-state index contributed by atoms with van der Waals surface area (Å²) >= 11 is 5.79. The van der Waals surface area contributed by atoms with Crippen molar-refractivity contribution < 1.29 is 4.74 Å². The van der Waals surface area contributed by atoms with Crippen LogP contribution in [-0.2, 0) is 11.2 Å². The van der Waals surface area contributed by atoms with E-state index in [1.54, 1.807) is 16.6 Å². The maximum absolute atomic E-state index is 5.79. The lowest BCUT2D eigenvalue weighted by Crippen LogP contribution is -2.04. The summed E-state index contributed by atoms with van der Waals surface area (Å²) in [5, 5.41) is 12.5. The molecule has 0 bridgehead atoms. The van der Waals surface area contributed by atoms with Crippen LogP contribution in [0.5, 0.6) is 0 Å². The third kappa shape index (κ3) is 2.24. The van der Waals surface area contributed by atoms with Gasteiger partial charge in [-0.15, -0.1) is 10.2 Å². The summed E-state index contributed by atoms with van der Waals surface area (Å²) in [5.41, 5.74) is 0.700. The normalized spacial score (nSPS) is 11.1. The van der Waals surface area contributed by atoms with Crippen LogP contribution in [-0.4, -0.2) is 33.0 Å². The fourth-order valence-electron chi connectivity index (χ4n) is 1.27. The third-order valence-electron chi connectivity index (χ3n) is 1.97.